The second-order valence-corrected chi connectivity index (χ2v) is 6.44. The standard InChI is InChI=1S/C21H21ClN2O4/c1-26-17-6-8-18(9-7-17)27-13-12-23-20(25)10-11-21-24-14-19(28-21)15-2-4-16(22)5-3-15/h2-9,14H,10-13H2,1H3,(H,23,25). The Kier molecular flexibility index (Phi) is 6.92. The molecule has 0 atom stereocenters. The van der Waals surface area contributed by atoms with E-state index >= 15 is 0 Å². The fourth-order valence-corrected chi connectivity index (χ4v) is 2.64. The van der Waals surface area contributed by atoms with Gasteiger partial charge in [-0.15, -0.1) is 0 Å². The third kappa shape index (κ3) is 5.76. The number of hydrogen-bond acceptors (Lipinski definition) is 5. The van der Waals surface area contributed by atoms with Gasteiger partial charge >= 0.3 is 0 Å². The van der Waals surface area contributed by atoms with Gasteiger partial charge in [0.2, 0.25) is 5.91 Å². The van der Waals surface area contributed by atoms with Crippen molar-refractivity contribution in [2.24, 2.45) is 0 Å². The van der Waals surface area contributed by atoms with Crippen molar-refractivity contribution in [3.05, 3.63) is 65.6 Å². The second-order valence-electron chi connectivity index (χ2n) is 6.00. The molecule has 1 N–H and O–H groups in total. The first-order valence-electron chi connectivity index (χ1n) is 8.88. The molecule has 6 nitrogen and oxygen atoms in total. The molecule has 2 aromatic carbocycles. The summed E-state index contributed by atoms with van der Waals surface area (Å²) in [6.07, 6.45) is 2.38. The lowest BCUT2D eigenvalue weighted by Crippen LogP contribution is -2.28. The first-order chi connectivity index (χ1) is 13.6. The quantitative estimate of drug-likeness (QED) is 0.546. The van der Waals surface area contributed by atoms with E-state index < -0.39 is 0 Å². The van der Waals surface area contributed by atoms with E-state index in [4.69, 9.17) is 25.5 Å². The molecule has 0 aliphatic heterocycles. The molecular formula is C21H21ClN2O4. The third-order valence-corrected chi connectivity index (χ3v) is 4.25. The van der Waals surface area contributed by atoms with Crippen LogP contribution in [0.1, 0.15) is 12.3 Å². The zero-order chi connectivity index (χ0) is 19.8. The highest BCUT2D eigenvalue weighted by Gasteiger charge is 2.09. The van der Waals surface area contributed by atoms with Gasteiger partial charge in [0.25, 0.3) is 0 Å². The summed E-state index contributed by atoms with van der Waals surface area (Å²) in [5.74, 6) is 2.59. The third-order valence-electron chi connectivity index (χ3n) is 4.00. The molecule has 1 aromatic heterocycles. The molecule has 1 heterocycles. The van der Waals surface area contributed by atoms with Crippen LogP contribution in [0.4, 0.5) is 0 Å². The Balaban J connectivity index is 1.36. The maximum atomic E-state index is 12.0. The van der Waals surface area contributed by atoms with E-state index in [1.807, 2.05) is 36.4 Å². The van der Waals surface area contributed by atoms with Crippen LogP contribution in [0, 0.1) is 0 Å². The SMILES string of the molecule is COc1ccc(OCCNC(=O)CCc2ncc(-c3ccc(Cl)cc3)o2)cc1. The first kappa shape index (κ1) is 19.8. The molecule has 0 saturated heterocycles. The van der Waals surface area contributed by atoms with Crippen molar-refractivity contribution in [2.75, 3.05) is 20.3 Å². The van der Waals surface area contributed by atoms with Gasteiger partial charge in [-0.1, -0.05) is 11.6 Å². The highest BCUT2D eigenvalue weighted by Crippen LogP contribution is 2.22. The van der Waals surface area contributed by atoms with Crippen LogP contribution >= 0.6 is 11.6 Å². The van der Waals surface area contributed by atoms with Crippen molar-refractivity contribution < 1.29 is 18.7 Å². The Bertz CT molecular complexity index is 892. The molecule has 0 bridgehead atoms. The average Bonchev–Trinajstić information content (AvgIpc) is 3.20. The Hall–Kier alpha value is -2.99. The van der Waals surface area contributed by atoms with Gasteiger partial charge in [-0.3, -0.25) is 4.79 Å². The van der Waals surface area contributed by atoms with Gasteiger partial charge in [-0.05, 0) is 48.5 Å². The highest BCUT2D eigenvalue weighted by molar-refractivity contribution is 6.30. The van der Waals surface area contributed by atoms with E-state index in [1.165, 1.54) is 0 Å². The Morgan fingerprint density at radius 1 is 1.11 bits per heavy atom. The minimum absolute atomic E-state index is 0.0791. The number of oxazole rings is 1. The fraction of sp³-hybridized carbons (Fsp3) is 0.238. The summed E-state index contributed by atoms with van der Waals surface area (Å²) in [5.41, 5.74) is 0.892. The smallest absolute Gasteiger partial charge is 0.220 e. The summed E-state index contributed by atoms with van der Waals surface area (Å²) in [7, 11) is 1.61. The molecule has 0 radical (unpaired) electrons. The molecule has 1 amide bonds. The van der Waals surface area contributed by atoms with Gasteiger partial charge in [0.15, 0.2) is 11.7 Å². The Morgan fingerprint density at radius 3 is 2.54 bits per heavy atom. The van der Waals surface area contributed by atoms with Crippen LogP contribution in [0.5, 0.6) is 11.5 Å². The number of nitrogens with zero attached hydrogens (tertiary/aromatic N) is 1. The van der Waals surface area contributed by atoms with Crippen molar-refractivity contribution >= 4 is 17.5 Å². The number of hydrogen-bond donors (Lipinski definition) is 1. The monoisotopic (exact) mass is 400 g/mol. The van der Waals surface area contributed by atoms with Crippen LogP contribution in [0.15, 0.2) is 59.1 Å². The summed E-state index contributed by atoms with van der Waals surface area (Å²) < 4.78 is 16.4. The van der Waals surface area contributed by atoms with Gasteiger partial charge < -0.3 is 19.2 Å². The van der Waals surface area contributed by atoms with Gasteiger partial charge in [-0.25, -0.2) is 4.98 Å². The van der Waals surface area contributed by atoms with Crippen molar-refractivity contribution in [1.82, 2.24) is 10.3 Å². The van der Waals surface area contributed by atoms with Crippen LogP contribution in [0.25, 0.3) is 11.3 Å². The molecule has 3 rings (SSSR count). The number of aromatic nitrogens is 1. The molecule has 146 valence electrons. The number of aryl methyl sites for hydroxylation is 1. The topological polar surface area (TPSA) is 73.6 Å². The van der Waals surface area contributed by atoms with Crippen molar-refractivity contribution in [1.29, 1.82) is 0 Å². The molecule has 28 heavy (non-hydrogen) atoms. The lowest BCUT2D eigenvalue weighted by atomic mass is 10.2. The number of rotatable bonds is 9. The normalized spacial score (nSPS) is 10.5. The van der Waals surface area contributed by atoms with E-state index in [1.54, 1.807) is 25.4 Å². The molecular weight excluding hydrogens is 380 g/mol. The summed E-state index contributed by atoms with van der Waals surface area (Å²) in [6, 6.07) is 14.6. The van der Waals surface area contributed by atoms with Crippen LogP contribution in [0.2, 0.25) is 5.02 Å². The zero-order valence-electron chi connectivity index (χ0n) is 15.5. The summed E-state index contributed by atoms with van der Waals surface area (Å²) >= 11 is 5.88. The van der Waals surface area contributed by atoms with Gasteiger partial charge in [0, 0.05) is 23.4 Å². The number of carbonyl (C=O) groups is 1. The van der Waals surface area contributed by atoms with E-state index in [0.29, 0.717) is 42.7 Å². The zero-order valence-corrected chi connectivity index (χ0v) is 16.2. The largest absolute Gasteiger partial charge is 0.497 e. The van der Waals surface area contributed by atoms with Crippen molar-refractivity contribution in [3.63, 3.8) is 0 Å². The maximum absolute atomic E-state index is 12.0. The van der Waals surface area contributed by atoms with Gasteiger partial charge in [-0.2, -0.15) is 0 Å². The highest BCUT2D eigenvalue weighted by atomic mass is 35.5. The molecule has 0 spiro atoms. The van der Waals surface area contributed by atoms with Crippen molar-refractivity contribution in [2.45, 2.75) is 12.8 Å². The first-order valence-corrected chi connectivity index (χ1v) is 9.26. The number of amides is 1. The predicted octanol–water partition coefficient (Wildman–Crippen LogP) is 4.13. The minimum atomic E-state index is -0.0791. The van der Waals surface area contributed by atoms with Crippen molar-refractivity contribution in [3.8, 4) is 22.8 Å². The Labute approximate surface area is 168 Å². The number of ether oxygens (including phenoxy) is 2. The maximum Gasteiger partial charge on any atom is 0.220 e. The minimum Gasteiger partial charge on any atom is -0.497 e. The number of methoxy groups -OCH3 is 1. The number of carbonyl (C=O) groups excluding carboxylic acids is 1. The van der Waals surface area contributed by atoms with E-state index in [2.05, 4.69) is 10.3 Å². The summed E-state index contributed by atoms with van der Waals surface area (Å²) in [5, 5.41) is 3.48. The van der Waals surface area contributed by atoms with Crippen LogP contribution in [-0.4, -0.2) is 31.2 Å². The fourth-order valence-electron chi connectivity index (χ4n) is 2.51. The number of nitrogens with one attached hydrogen (secondary N) is 1. The van der Waals surface area contributed by atoms with E-state index in [0.717, 1.165) is 17.1 Å². The molecule has 7 heteroatoms. The van der Waals surface area contributed by atoms with E-state index in [-0.39, 0.29) is 5.91 Å². The van der Waals surface area contributed by atoms with Crippen LogP contribution in [0.3, 0.4) is 0 Å². The molecule has 0 aliphatic carbocycles. The second kappa shape index (κ2) is 9.80. The van der Waals surface area contributed by atoms with E-state index in [9.17, 15) is 4.79 Å². The Morgan fingerprint density at radius 2 is 1.82 bits per heavy atom. The molecule has 0 unspecified atom stereocenters. The van der Waals surface area contributed by atoms with Crippen LogP contribution in [-0.2, 0) is 11.2 Å². The lowest BCUT2D eigenvalue weighted by molar-refractivity contribution is -0.121. The lowest BCUT2D eigenvalue weighted by Gasteiger charge is -2.08. The molecule has 0 saturated carbocycles. The molecule has 3 aromatic rings. The molecule has 0 fully saturated rings. The summed E-state index contributed by atoms with van der Waals surface area (Å²) in [6.45, 7) is 0.810. The van der Waals surface area contributed by atoms with Gasteiger partial charge in [0.1, 0.15) is 18.1 Å². The van der Waals surface area contributed by atoms with Gasteiger partial charge in [0.05, 0.1) is 19.9 Å². The number of benzene rings is 2. The molecule has 0 aliphatic rings. The summed E-state index contributed by atoms with van der Waals surface area (Å²) in [4.78, 5) is 16.2. The average molecular weight is 401 g/mol. The number of halogens is 1. The predicted molar refractivity (Wildman–Crippen MR) is 107 cm³/mol. The van der Waals surface area contributed by atoms with Crippen LogP contribution < -0.4 is 14.8 Å².